The Morgan fingerprint density at radius 1 is 1.39 bits per heavy atom. The molecule has 23 heavy (non-hydrogen) atoms. The summed E-state index contributed by atoms with van der Waals surface area (Å²) in [6.45, 7) is 2.41. The van der Waals surface area contributed by atoms with Crippen LogP contribution >= 0.6 is 0 Å². The number of hydrogen-bond donors (Lipinski definition) is 2. The van der Waals surface area contributed by atoms with E-state index >= 15 is 0 Å². The van der Waals surface area contributed by atoms with Gasteiger partial charge in [0.2, 0.25) is 11.8 Å². The molecule has 2 aliphatic heterocycles. The highest BCUT2D eigenvalue weighted by Crippen LogP contribution is 2.27. The van der Waals surface area contributed by atoms with Gasteiger partial charge in [0.15, 0.2) is 0 Å². The molecule has 0 unspecified atom stereocenters. The monoisotopic (exact) mass is 319 g/mol. The number of rotatable bonds is 3. The number of likely N-dealkylation sites (N-methyl/N-ethyl adjacent to an activating group) is 1. The zero-order chi connectivity index (χ0) is 16.8. The highest BCUT2D eigenvalue weighted by Gasteiger charge is 2.42. The average Bonchev–Trinajstić information content (AvgIpc) is 3.10. The first-order chi connectivity index (χ1) is 11.1. The zero-order valence-electron chi connectivity index (χ0n) is 13.0. The molecule has 124 valence electrons. The third-order valence-electron chi connectivity index (χ3n) is 4.27. The maximum atomic E-state index is 12.3. The zero-order valence-corrected chi connectivity index (χ0v) is 13.0. The fourth-order valence-corrected chi connectivity index (χ4v) is 3.05. The average molecular weight is 319 g/mol. The van der Waals surface area contributed by atoms with Gasteiger partial charge in [-0.25, -0.2) is 0 Å². The van der Waals surface area contributed by atoms with Crippen molar-refractivity contribution in [2.24, 2.45) is 11.8 Å². The summed E-state index contributed by atoms with van der Waals surface area (Å²) in [5.74, 6) is 0.653. The second-order valence-corrected chi connectivity index (χ2v) is 5.70. The number of fused-ring (bicyclic) bond motifs is 1. The third kappa shape index (κ3) is 4.07. The molecule has 2 saturated heterocycles. The molecule has 2 fully saturated rings. The Hall–Kier alpha value is -2.41. The van der Waals surface area contributed by atoms with Gasteiger partial charge in [0.05, 0.1) is 12.5 Å². The fourth-order valence-electron chi connectivity index (χ4n) is 3.05. The number of para-hydroxylation sites is 1. The van der Waals surface area contributed by atoms with Gasteiger partial charge in [0.25, 0.3) is 6.47 Å². The number of benzene rings is 1. The molecule has 0 aromatic heterocycles. The van der Waals surface area contributed by atoms with E-state index in [0.717, 1.165) is 18.8 Å². The summed E-state index contributed by atoms with van der Waals surface area (Å²) in [6, 6.07) is 9.61. The number of nitrogens with zero attached hydrogens (tertiary/aromatic N) is 2. The van der Waals surface area contributed by atoms with Gasteiger partial charge >= 0.3 is 0 Å². The lowest BCUT2D eigenvalue weighted by Crippen LogP contribution is -2.39. The number of carboxylic acid groups (broad SMARTS) is 1. The van der Waals surface area contributed by atoms with Crippen molar-refractivity contribution >= 4 is 24.0 Å². The van der Waals surface area contributed by atoms with Crippen LogP contribution in [-0.2, 0) is 14.4 Å². The summed E-state index contributed by atoms with van der Waals surface area (Å²) in [6.07, 6.45) is 0. The molecule has 0 spiro atoms. The van der Waals surface area contributed by atoms with E-state index in [1.54, 1.807) is 11.9 Å². The summed E-state index contributed by atoms with van der Waals surface area (Å²) in [4.78, 5) is 36.0. The van der Waals surface area contributed by atoms with Gasteiger partial charge in [0, 0.05) is 38.3 Å². The summed E-state index contributed by atoms with van der Waals surface area (Å²) < 4.78 is 0. The first kappa shape index (κ1) is 17.0. The first-order valence-electron chi connectivity index (χ1n) is 7.46. The molecule has 0 aliphatic carbocycles. The lowest BCUT2D eigenvalue weighted by atomic mass is 10.0. The molecule has 3 rings (SSSR count). The van der Waals surface area contributed by atoms with Crippen LogP contribution in [0.3, 0.4) is 0 Å². The highest BCUT2D eigenvalue weighted by molar-refractivity contribution is 5.94. The van der Waals surface area contributed by atoms with Crippen molar-refractivity contribution in [3.63, 3.8) is 0 Å². The summed E-state index contributed by atoms with van der Waals surface area (Å²) in [5.41, 5.74) is 0.898. The topological polar surface area (TPSA) is 90.0 Å². The van der Waals surface area contributed by atoms with Crippen LogP contribution in [0.15, 0.2) is 30.3 Å². The second kappa shape index (κ2) is 7.73. The van der Waals surface area contributed by atoms with Gasteiger partial charge in [-0.15, -0.1) is 0 Å². The van der Waals surface area contributed by atoms with Crippen molar-refractivity contribution in [3.8, 4) is 0 Å². The van der Waals surface area contributed by atoms with Crippen molar-refractivity contribution in [2.45, 2.75) is 0 Å². The van der Waals surface area contributed by atoms with E-state index in [1.807, 2.05) is 30.3 Å². The van der Waals surface area contributed by atoms with Crippen LogP contribution in [0, 0.1) is 11.8 Å². The SMILES string of the molecule is CN(C(=O)CN1C[C@@H]2CNC(=O)[C@@H]2C1)c1ccccc1.O=CO. The molecule has 2 heterocycles. The normalized spacial score (nSPS) is 22.6. The lowest BCUT2D eigenvalue weighted by molar-refractivity contribution is -0.123. The number of likely N-dealkylation sites (tertiary alicyclic amines) is 1. The number of amides is 2. The minimum atomic E-state index is -0.250. The van der Waals surface area contributed by atoms with E-state index in [0.29, 0.717) is 19.0 Å². The lowest BCUT2D eigenvalue weighted by Gasteiger charge is -2.22. The van der Waals surface area contributed by atoms with Crippen LogP contribution in [0.25, 0.3) is 0 Å². The first-order valence-corrected chi connectivity index (χ1v) is 7.46. The molecule has 2 aliphatic rings. The number of carbonyl (C=O) groups excluding carboxylic acids is 2. The quantitative estimate of drug-likeness (QED) is 0.767. The van der Waals surface area contributed by atoms with Crippen molar-refractivity contribution in [1.82, 2.24) is 10.2 Å². The third-order valence-corrected chi connectivity index (χ3v) is 4.27. The van der Waals surface area contributed by atoms with Crippen LogP contribution in [-0.4, -0.2) is 61.5 Å². The molecule has 2 amide bonds. The van der Waals surface area contributed by atoms with Crippen LogP contribution < -0.4 is 10.2 Å². The van der Waals surface area contributed by atoms with Crippen LogP contribution in [0.5, 0.6) is 0 Å². The number of hydrogen-bond acceptors (Lipinski definition) is 4. The van der Waals surface area contributed by atoms with Crippen molar-refractivity contribution in [2.75, 3.05) is 38.1 Å². The molecule has 0 radical (unpaired) electrons. The van der Waals surface area contributed by atoms with Gasteiger partial charge in [-0.3, -0.25) is 19.3 Å². The Bertz CT molecular complexity index is 564. The predicted octanol–water partition coefficient (Wildman–Crippen LogP) is 0.0280. The van der Waals surface area contributed by atoms with Crippen LogP contribution in [0.4, 0.5) is 5.69 Å². The summed E-state index contributed by atoms with van der Waals surface area (Å²) >= 11 is 0. The maximum absolute atomic E-state index is 12.3. The summed E-state index contributed by atoms with van der Waals surface area (Å²) in [5, 5.41) is 9.77. The molecule has 7 nitrogen and oxygen atoms in total. The molecule has 2 atom stereocenters. The van der Waals surface area contributed by atoms with Crippen molar-refractivity contribution in [1.29, 1.82) is 0 Å². The molecular formula is C16H21N3O4. The van der Waals surface area contributed by atoms with Gasteiger partial charge in [0.1, 0.15) is 0 Å². The van der Waals surface area contributed by atoms with E-state index in [9.17, 15) is 9.59 Å². The van der Waals surface area contributed by atoms with Gasteiger partial charge in [-0.1, -0.05) is 18.2 Å². The number of carbonyl (C=O) groups is 3. The van der Waals surface area contributed by atoms with E-state index < -0.39 is 0 Å². The van der Waals surface area contributed by atoms with Crippen LogP contribution in [0.1, 0.15) is 0 Å². The Kier molecular flexibility index (Phi) is 5.70. The van der Waals surface area contributed by atoms with Gasteiger partial charge < -0.3 is 15.3 Å². The Balaban J connectivity index is 0.000000595. The minimum absolute atomic E-state index is 0.0663. The molecule has 1 aromatic rings. The molecule has 1 aromatic carbocycles. The maximum Gasteiger partial charge on any atom is 0.290 e. The van der Waals surface area contributed by atoms with Crippen molar-refractivity contribution in [3.05, 3.63) is 30.3 Å². The molecule has 2 N–H and O–H groups in total. The molecule has 0 saturated carbocycles. The molecule has 0 bridgehead atoms. The Morgan fingerprint density at radius 3 is 2.65 bits per heavy atom. The summed E-state index contributed by atoms with van der Waals surface area (Å²) in [7, 11) is 1.79. The number of anilines is 1. The van der Waals surface area contributed by atoms with E-state index in [4.69, 9.17) is 9.90 Å². The van der Waals surface area contributed by atoms with E-state index in [-0.39, 0.29) is 24.2 Å². The predicted molar refractivity (Wildman–Crippen MR) is 85.0 cm³/mol. The Morgan fingerprint density at radius 2 is 2.04 bits per heavy atom. The van der Waals surface area contributed by atoms with Crippen LogP contribution in [0.2, 0.25) is 0 Å². The van der Waals surface area contributed by atoms with Crippen molar-refractivity contribution < 1.29 is 19.5 Å². The minimum Gasteiger partial charge on any atom is -0.483 e. The van der Waals surface area contributed by atoms with E-state index in [1.165, 1.54) is 0 Å². The molecule has 7 heteroatoms. The van der Waals surface area contributed by atoms with Gasteiger partial charge in [-0.2, -0.15) is 0 Å². The van der Waals surface area contributed by atoms with E-state index in [2.05, 4.69) is 10.2 Å². The van der Waals surface area contributed by atoms with Gasteiger partial charge in [-0.05, 0) is 12.1 Å². The standard InChI is InChI=1S/C15H19N3O2.CH2O2/c1-17(12-5-3-2-4-6-12)14(19)10-18-8-11-7-16-15(20)13(11)9-18;2-1-3/h2-6,11,13H,7-10H2,1H3,(H,16,20);1H,(H,2,3)/t11-,13+;/m0./s1. The Labute approximate surface area is 134 Å². The molecular weight excluding hydrogens is 298 g/mol. The number of nitrogens with one attached hydrogen (secondary N) is 1. The largest absolute Gasteiger partial charge is 0.483 e. The highest BCUT2D eigenvalue weighted by atomic mass is 16.3. The smallest absolute Gasteiger partial charge is 0.290 e. The second-order valence-electron chi connectivity index (χ2n) is 5.70. The fraction of sp³-hybridized carbons (Fsp3) is 0.438.